The summed E-state index contributed by atoms with van der Waals surface area (Å²) in [5.41, 5.74) is -0.0767. The van der Waals surface area contributed by atoms with Gasteiger partial charge in [0.2, 0.25) is 0 Å². The largest absolute Gasteiger partial charge is 0.379 e. The van der Waals surface area contributed by atoms with Crippen LogP contribution in [0.1, 0.15) is 40.0 Å². The topological polar surface area (TPSA) is 21.3 Å². The minimum absolute atomic E-state index is 0.0767. The van der Waals surface area contributed by atoms with Gasteiger partial charge in [-0.2, -0.15) is 0 Å². The Kier molecular flexibility index (Phi) is 8.30. The van der Waals surface area contributed by atoms with E-state index in [0.29, 0.717) is 6.04 Å². The van der Waals surface area contributed by atoms with Gasteiger partial charge in [-0.25, -0.2) is 4.39 Å². The summed E-state index contributed by atoms with van der Waals surface area (Å²) in [7, 11) is 1.77. The van der Waals surface area contributed by atoms with E-state index in [9.17, 15) is 4.39 Å². The van der Waals surface area contributed by atoms with Crippen molar-refractivity contribution in [3.05, 3.63) is 30.1 Å². The summed E-state index contributed by atoms with van der Waals surface area (Å²) >= 11 is 1.78. The predicted octanol–water partition coefficient (Wildman–Crippen LogP) is 4.49. The highest BCUT2D eigenvalue weighted by atomic mass is 32.2. The molecule has 0 heterocycles. The van der Waals surface area contributed by atoms with E-state index in [0.717, 1.165) is 36.5 Å². The zero-order valence-electron chi connectivity index (χ0n) is 13.6. The van der Waals surface area contributed by atoms with E-state index in [2.05, 4.69) is 26.1 Å². The standard InChI is InChI=1S/C17H28FNOS/c1-5-12-19-15(10-11-17(2,3)20-4)13-21-16-8-6-14(18)7-9-16/h6-9,15,19H,5,10-13H2,1-4H3. The smallest absolute Gasteiger partial charge is 0.123 e. The second-order valence-corrected chi connectivity index (χ2v) is 7.01. The molecule has 0 aliphatic rings. The van der Waals surface area contributed by atoms with Crippen molar-refractivity contribution in [1.82, 2.24) is 5.32 Å². The quantitative estimate of drug-likeness (QED) is 0.643. The van der Waals surface area contributed by atoms with Gasteiger partial charge in [0.25, 0.3) is 0 Å². The molecule has 0 amide bonds. The predicted molar refractivity (Wildman–Crippen MR) is 89.5 cm³/mol. The van der Waals surface area contributed by atoms with E-state index in [1.807, 2.05) is 12.1 Å². The third-order valence-electron chi connectivity index (χ3n) is 3.60. The van der Waals surface area contributed by atoms with Crippen LogP contribution in [0.4, 0.5) is 4.39 Å². The lowest BCUT2D eigenvalue weighted by molar-refractivity contribution is 0.0122. The minimum atomic E-state index is -0.179. The van der Waals surface area contributed by atoms with Crippen molar-refractivity contribution in [3.8, 4) is 0 Å². The average molecular weight is 313 g/mol. The van der Waals surface area contributed by atoms with Crippen LogP contribution in [0.25, 0.3) is 0 Å². The molecule has 0 saturated heterocycles. The van der Waals surface area contributed by atoms with Crippen LogP contribution < -0.4 is 5.32 Å². The van der Waals surface area contributed by atoms with Crippen LogP contribution in [0, 0.1) is 5.82 Å². The highest BCUT2D eigenvalue weighted by molar-refractivity contribution is 7.99. The fourth-order valence-electron chi connectivity index (χ4n) is 1.94. The summed E-state index contributed by atoms with van der Waals surface area (Å²) < 4.78 is 18.4. The molecule has 0 aliphatic heterocycles. The van der Waals surface area contributed by atoms with Crippen LogP contribution in [0.3, 0.4) is 0 Å². The van der Waals surface area contributed by atoms with Crippen molar-refractivity contribution in [2.75, 3.05) is 19.4 Å². The van der Waals surface area contributed by atoms with Crippen LogP contribution in [-0.4, -0.2) is 31.1 Å². The van der Waals surface area contributed by atoms with Crippen LogP contribution in [0.5, 0.6) is 0 Å². The van der Waals surface area contributed by atoms with Crippen molar-refractivity contribution < 1.29 is 9.13 Å². The van der Waals surface area contributed by atoms with Gasteiger partial charge >= 0.3 is 0 Å². The first-order valence-corrected chi connectivity index (χ1v) is 8.62. The summed E-state index contributed by atoms with van der Waals surface area (Å²) in [6.07, 6.45) is 3.23. The molecular formula is C17H28FNOS. The van der Waals surface area contributed by atoms with Gasteiger partial charge < -0.3 is 10.1 Å². The Hall–Kier alpha value is -0.580. The molecule has 120 valence electrons. The number of benzene rings is 1. The second-order valence-electron chi connectivity index (χ2n) is 5.92. The van der Waals surface area contributed by atoms with Crippen molar-refractivity contribution in [3.63, 3.8) is 0 Å². The Bertz CT molecular complexity index is 394. The van der Waals surface area contributed by atoms with Crippen LogP contribution in [-0.2, 0) is 4.74 Å². The molecule has 4 heteroatoms. The van der Waals surface area contributed by atoms with E-state index in [1.165, 1.54) is 12.1 Å². The third kappa shape index (κ3) is 7.84. The Labute approximate surface area is 132 Å². The van der Waals surface area contributed by atoms with Gasteiger partial charge in [0, 0.05) is 23.8 Å². The van der Waals surface area contributed by atoms with E-state index >= 15 is 0 Å². The van der Waals surface area contributed by atoms with Gasteiger partial charge in [-0.1, -0.05) is 6.92 Å². The van der Waals surface area contributed by atoms with Gasteiger partial charge in [0.15, 0.2) is 0 Å². The number of thioether (sulfide) groups is 1. The van der Waals surface area contributed by atoms with Crippen molar-refractivity contribution in [2.24, 2.45) is 0 Å². The van der Waals surface area contributed by atoms with E-state index < -0.39 is 0 Å². The van der Waals surface area contributed by atoms with Gasteiger partial charge in [-0.3, -0.25) is 0 Å². The first-order valence-electron chi connectivity index (χ1n) is 7.63. The molecule has 0 saturated carbocycles. The molecule has 0 radical (unpaired) electrons. The maximum Gasteiger partial charge on any atom is 0.123 e. The number of hydrogen-bond acceptors (Lipinski definition) is 3. The number of methoxy groups -OCH3 is 1. The fourth-order valence-corrected chi connectivity index (χ4v) is 2.95. The summed E-state index contributed by atoms with van der Waals surface area (Å²) in [5, 5.41) is 3.60. The molecule has 0 bridgehead atoms. The molecular weight excluding hydrogens is 285 g/mol. The molecule has 2 nitrogen and oxygen atoms in total. The Morgan fingerprint density at radius 1 is 1.29 bits per heavy atom. The number of halogens is 1. The molecule has 1 atom stereocenters. The molecule has 0 aromatic heterocycles. The maximum absolute atomic E-state index is 12.9. The summed E-state index contributed by atoms with van der Waals surface area (Å²) in [6, 6.07) is 7.18. The summed E-state index contributed by atoms with van der Waals surface area (Å²) in [4.78, 5) is 1.12. The number of rotatable bonds is 10. The van der Waals surface area contributed by atoms with Crippen LogP contribution >= 0.6 is 11.8 Å². The van der Waals surface area contributed by atoms with Crippen LogP contribution in [0.15, 0.2) is 29.2 Å². The Balaban J connectivity index is 2.47. The molecule has 0 fully saturated rings. The highest BCUT2D eigenvalue weighted by Gasteiger charge is 2.19. The second kappa shape index (κ2) is 9.44. The number of ether oxygens (including phenoxy) is 1. The summed E-state index contributed by atoms with van der Waals surface area (Å²) in [5.74, 6) is 0.813. The summed E-state index contributed by atoms with van der Waals surface area (Å²) in [6.45, 7) is 7.45. The molecule has 21 heavy (non-hydrogen) atoms. The minimum Gasteiger partial charge on any atom is -0.379 e. The highest BCUT2D eigenvalue weighted by Crippen LogP contribution is 2.22. The van der Waals surface area contributed by atoms with Gasteiger partial charge in [0.1, 0.15) is 5.82 Å². The maximum atomic E-state index is 12.9. The number of nitrogens with one attached hydrogen (secondary N) is 1. The molecule has 0 spiro atoms. The lowest BCUT2D eigenvalue weighted by Crippen LogP contribution is -2.34. The number of hydrogen-bond donors (Lipinski definition) is 1. The van der Waals surface area contributed by atoms with E-state index in [4.69, 9.17) is 4.74 Å². The first-order chi connectivity index (χ1) is 9.96. The molecule has 1 N–H and O–H groups in total. The lowest BCUT2D eigenvalue weighted by atomic mass is 9.99. The molecule has 0 aliphatic carbocycles. The molecule has 1 aromatic carbocycles. The zero-order valence-corrected chi connectivity index (χ0v) is 14.4. The lowest BCUT2D eigenvalue weighted by Gasteiger charge is -2.26. The third-order valence-corrected chi connectivity index (χ3v) is 4.77. The van der Waals surface area contributed by atoms with E-state index in [1.54, 1.807) is 18.9 Å². The SMILES string of the molecule is CCCNC(CCC(C)(C)OC)CSc1ccc(F)cc1. The van der Waals surface area contributed by atoms with Crippen molar-refractivity contribution in [2.45, 2.75) is 56.6 Å². The monoisotopic (exact) mass is 313 g/mol. The molecule has 1 unspecified atom stereocenters. The normalized spacial score (nSPS) is 13.4. The zero-order chi connectivity index (χ0) is 15.7. The van der Waals surface area contributed by atoms with Crippen molar-refractivity contribution >= 4 is 11.8 Å². The van der Waals surface area contributed by atoms with Gasteiger partial charge in [-0.15, -0.1) is 11.8 Å². The van der Waals surface area contributed by atoms with Crippen LogP contribution in [0.2, 0.25) is 0 Å². The molecule has 1 rings (SSSR count). The average Bonchev–Trinajstić information content (AvgIpc) is 2.48. The van der Waals surface area contributed by atoms with Crippen molar-refractivity contribution in [1.29, 1.82) is 0 Å². The Morgan fingerprint density at radius 2 is 1.95 bits per heavy atom. The fraction of sp³-hybridized carbons (Fsp3) is 0.647. The Morgan fingerprint density at radius 3 is 2.52 bits per heavy atom. The van der Waals surface area contributed by atoms with Gasteiger partial charge in [-0.05, 0) is 63.9 Å². The first kappa shape index (κ1) is 18.5. The van der Waals surface area contributed by atoms with E-state index in [-0.39, 0.29) is 11.4 Å². The van der Waals surface area contributed by atoms with Gasteiger partial charge in [0.05, 0.1) is 5.60 Å². The molecule has 1 aromatic rings.